The molecule has 0 amide bonds. The third kappa shape index (κ3) is 4.14. The highest BCUT2D eigenvalue weighted by atomic mass is 32.2. The lowest BCUT2D eigenvalue weighted by atomic mass is 10.1. The van der Waals surface area contributed by atoms with Gasteiger partial charge in [0, 0.05) is 31.7 Å². The predicted molar refractivity (Wildman–Crippen MR) is 118 cm³/mol. The van der Waals surface area contributed by atoms with Crippen LogP contribution in [0.25, 0.3) is 10.8 Å². The Labute approximate surface area is 182 Å². The van der Waals surface area contributed by atoms with Crippen molar-refractivity contribution in [3.8, 4) is 0 Å². The van der Waals surface area contributed by atoms with Gasteiger partial charge in [-0.3, -0.25) is 4.79 Å². The zero-order chi connectivity index (χ0) is 22.2. The molecule has 1 saturated heterocycles. The molecule has 0 aliphatic carbocycles. The first kappa shape index (κ1) is 21.6. The number of piperazine rings is 1. The van der Waals surface area contributed by atoms with Gasteiger partial charge in [0.05, 0.1) is 9.79 Å². The third-order valence-electron chi connectivity index (χ3n) is 5.43. The Kier molecular flexibility index (Phi) is 5.69. The molecular weight excluding hydrogens is 436 g/mol. The third-order valence-corrected chi connectivity index (χ3v) is 9.22. The molecule has 1 heterocycles. The van der Waals surface area contributed by atoms with Crippen molar-refractivity contribution in [3.05, 3.63) is 72.3 Å². The first-order valence-electron chi connectivity index (χ1n) is 9.80. The van der Waals surface area contributed by atoms with Crippen LogP contribution < -0.4 is 0 Å². The number of rotatable bonds is 5. The Morgan fingerprint density at radius 3 is 1.81 bits per heavy atom. The first-order valence-corrected chi connectivity index (χ1v) is 12.7. The molecule has 0 radical (unpaired) electrons. The van der Waals surface area contributed by atoms with Crippen LogP contribution in [0, 0.1) is 0 Å². The summed E-state index contributed by atoms with van der Waals surface area (Å²) in [7, 11) is -7.56. The van der Waals surface area contributed by atoms with E-state index in [0.717, 1.165) is 10.8 Å². The molecular formula is C22H22N2O5S2. The molecule has 1 fully saturated rings. The van der Waals surface area contributed by atoms with Crippen molar-refractivity contribution < 1.29 is 21.6 Å². The van der Waals surface area contributed by atoms with Crippen molar-refractivity contribution in [2.45, 2.75) is 16.7 Å². The SMILES string of the molecule is CC(=O)c1cccc(S(=O)(=O)N2CCN(S(=O)(=O)c3ccc4ccccc4c3)CC2)c1. The van der Waals surface area contributed by atoms with Crippen molar-refractivity contribution in [1.82, 2.24) is 8.61 Å². The molecule has 1 aliphatic rings. The molecule has 0 spiro atoms. The molecule has 0 atom stereocenters. The molecule has 0 bridgehead atoms. The minimum atomic E-state index is -3.82. The minimum Gasteiger partial charge on any atom is -0.295 e. The number of fused-ring (bicyclic) bond motifs is 1. The Morgan fingerprint density at radius 1 is 0.677 bits per heavy atom. The summed E-state index contributed by atoms with van der Waals surface area (Å²) in [6.07, 6.45) is 0. The quantitative estimate of drug-likeness (QED) is 0.548. The van der Waals surface area contributed by atoms with Crippen LogP contribution in [0.1, 0.15) is 17.3 Å². The molecule has 3 aromatic carbocycles. The maximum absolute atomic E-state index is 13.1. The fourth-order valence-electron chi connectivity index (χ4n) is 3.65. The Balaban J connectivity index is 1.53. The first-order chi connectivity index (χ1) is 14.7. The maximum atomic E-state index is 13.1. The van der Waals surface area contributed by atoms with E-state index in [1.807, 2.05) is 24.3 Å². The molecule has 3 aromatic rings. The smallest absolute Gasteiger partial charge is 0.243 e. The molecule has 0 saturated carbocycles. The molecule has 9 heteroatoms. The summed E-state index contributed by atoms with van der Waals surface area (Å²) in [4.78, 5) is 11.8. The summed E-state index contributed by atoms with van der Waals surface area (Å²) >= 11 is 0. The van der Waals surface area contributed by atoms with Crippen molar-refractivity contribution in [2.75, 3.05) is 26.2 Å². The highest BCUT2D eigenvalue weighted by Crippen LogP contribution is 2.25. The molecule has 0 unspecified atom stereocenters. The summed E-state index contributed by atoms with van der Waals surface area (Å²) in [6, 6.07) is 18.4. The van der Waals surface area contributed by atoms with Gasteiger partial charge < -0.3 is 0 Å². The Hall–Kier alpha value is -2.59. The van der Waals surface area contributed by atoms with E-state index in [9.17, 15) is 21.6 Å². The van der Waals surface area contributed by atoms with Gasteiger partial charge in [0.25, 0.3) is 0 Å². The van der Waals surface area contributed by atoms with E-state index in [-0.39, 0.29) is 41.8 Å². The predicted octanol–water partition coefficient (Wildman–Crippen LogP) is 2.74. The lowest BCUT2D eigenvalue weighted by Gasteiger charge is -2.33. The van der Waals surface area contributed by atoms with Gasteiger partial charge in [-0.25, -0.2) is 16.8 Å². The van der Waals surface area contributed by atoms with E-state index < -0.39 is 20.0 Å². The van der Waals surface area contributed by atoms with Crippen LogP contribution >= 0.6 is 0 Å². The van der Waals surface area contributed by atoms with Crippen LogP contribution in [0.4, 0.5) is 0 Å². The van der Waals surface area contributed by atoms with Crippen molar-refractivity contribution in [1.29, 1.82) is 0 Å². The molecule has 1 aliphatic heterocycles. The van der Waals surface area contributed by atoms with E-state index in [2.05, 4.69) is 0 Å². The van der Waals surface area contributed by atoms with Crippen LogP contribution in [0.2, 0.25) is 0 Å². The van der Waals surface area contributed by atoms with Gasteiger partial charge in [-0.05, 0) is 42.0 Å². The minimum absolute atomic E-state index is 0.0334. The number of carbonyl (C=O) groups excluding carboxylic acids is 1. The second-order valence-corrected chi connectivity index (χ2v) is 11.3. The van der Waals surface area contributed by atoms with Crippen LogP contribution in [0.5, 0.6) is 0 Å². The molecule has 7 nitrogen and oxygen atoms in total. The van der Waals surface area contributed by atoms with E-state index in [1.54, 1.807) is 24.3 Å². The lowest BCUT2D eigenvalue weighted by Crippen LogP contribution is -2.50. The van der Waals surface area contributed by atoms with E-state index >= 15 is 0 Å². The van der Waals surface area contributed by atoms with Crippen molar-refractivity contribution >= 4 is 36.6 Å². The average Bonchev–Trinajstić information content (AvgIpc) is 2.79. The van der Waals surface area contributed by atoms with E-state index in [0.29, 0.717) is 5.56 Å². The van der Waals surface area contributed by atoms with Crippen LogP contribution in [-0.2, 0) is 20.0 Å². The summed E-state index contributed by atoms with van der Waals surface area (Å²) in [6.45, 7) is 1.57. The Bertz CT molecular complexity index is 1360. The summed E-state index contributed by atoms with van der Waals surface area (Å²) in [5.41, 5.74) is 0.318. The fourth-order valence-corrected chi connectivity index (χ4v) is 6.58. The summed E-state index contributed by atoms with van der Waals surface area (Å²) < 4.78 is 54.7. The van der Waals surface area contributed by atoms with E-state index in [4.69, 9.17) is 0 Å². The highest BCUT2D eigenvalue weighted by Gasteiger charge is 2.34. The number of benzene rings is 3. The maximum Gasteiger partial charge on any atom is 0.243 e. The summed E-state index contributed by atoms with van der Waals surface area (Å²) in [5, 5.41) is 1.78. The number of hydrogen-bond donors (Lipinski definition) is 0. The Morgan fingerprint density at radius 2 is 1.23 bits per heavy atom. The van der Waals surface area contributed by atoms with Gasteiger partial charge in [0.2, 0.25) is 20.0 Å². The van der Waals surface area contributed by atoms with Crippen molar-refractivity contribution in [3.63, 3.8) is 0 Å². The molecule has 31 heavy (non-hydrogen) atoms. The van der Waals surface area contributed by atoms with Crippen LogP contribution in [-0.4, -0.2) is 57.4 Å². The van der Waals surface area contributed by atoms with Gasteiger partial charge in [0.15, 0.2) is 5.78 Å². The standard InChI is InChI=1S/C22H22N2O5S2/c1-17(25)19-7-4-8-21(15-19)30(26,27)23-11-13-24(14-12-23)31(28,29)22-10-9-18-5-2-3-6-20(18)16-22/h2-10,15-16H,11-14H2,1H3. The highest BCUT2D eigenvalue weighted by molar-refractivity contribution is 7.89. The van der Waals surface area contributed by atoms with Gasteiger partial charge in [-0.2, -0.15) is 8.61 Å². The van der Waals surface area contributed by atoms with Gasteiger partial charge in [-0.15, -0.1) is 0 Å². The number of hydrogen-bond acceptors (Lipinski definition) is 5. The summed E-state index contributed by atoms with van der Waals surface area (Å²) in [5.74, 6) is -0.219. The molecule has 0 aromatic heterocycles. The lowest BCUT2D eigenvalue weighted by molar-refractivity contribution is 0.101. The number of ketones is 1. The second kappa shape index (κ2) is 8.16. The number of sulfonamides is 2. The van der Waals surface area contributed by atoms with Gasteiger partial charge >= 0.3 is 0 Å². The molecule has 4 rings (SSSR count). The van der Waals surface area contributed by atoms with E-state index in [1.165, 1.54) is 33.7 Å². The molecule has 162 valence electrons. The van der Waals surface area contributed by atoms with Gasteiger partial charge in [-0.1, -0.05) is 42.5 Å². The molecule has 0 N–H and O–H groups in total. The zero-order valence-corrected chi connectivity index (χ0v) is 18.6. The fraction of sp³-hybridized carbons (Fsp3) is 0.227. The van der Waals surface area contributed by atoms with Crippen LogP contribution in [0.15, 0.2) is 76.5 Å². The van der Waals surface area contributed by atoms with Gasteiger partial charge in [0.1, 0.15) is 0 Å². The topological polar surface area (TPSA) is 91.8 Å². The normalized spacial score (nSPS) is 16.4. The number of nitrogens with zero attached hydrogens (tertiary/aromatic N) is 2. The number of carbonyl (C=O) groups is 1. The largest absolute Gasteiger partial charge is 0.295 e. The van der Waals surface area contributed by atoms with Crippen molar-refractivity contribution in [2.24, 2.45) is 0 Å². The second-order valence-electron chi connectivity index (χ2n) is 7.40. The van der Waals surface area contributed by atoms with Crippen LogP contribution in [0.3, 0.4) is 0 Å². The zero-order valence-electron chi connectivity index (χ0n) is 16.9. The monoisotopic (exact) mass is 458 g/mol. The average molecular weight is 459 g/mol. The number of Topliss-reactive ketones (excluding diaryl/α,β-unsaturated/α-hetero) is 1.